The molecule has 0 radical (unpaired) electrons. The third-order valence-electron chi connectivity index (χ3n) is 2.27. The number of benzene rings is 1. The smallest absolute Gasteiger partial charge is 0.150 e. The first-order valence-corrected chi connectivity index (χ1v) is 5.44. The molecule has 17 heavy (non-hydrogen) atoms. The zero-order valence-electron chi connectivity index (χ0n) is 8.97. The van der Waals surface area contributed by atoms with Gasteiger partial charge in [0.1, 0.15) is 18.6 Å². The Hall–Kier alpha value is -1.87. The lowest BCUT2D eigenvalue weighted by atomic mass is 10.2. The molecule has 3 nitrogen and oxygen atoms in total. The molecule has 0 N–H and O–H groups in total. The molecular formula is C13H10ClNO2. The van der Waals surface area contributed by atoms with Gasteiger partial charge in [-0.2, -0.15) is 0 Å². The van der Waals surface area contributed by atoms with Crippen LogP contribution in [0.4, 0.5) is 0 Å². The van der Waals surface area contributed by atoms with Crippen molar-refractivity contribution >= 4 is 17.9 Å². The SMILES string of the molecule is O=Cc1ccc(OCc2ccncc2Cl)cc1. The normalized spacial score (nSPS) is 9.94. The molecule has 86 valence electrons. The highest BCUT2D eigenvalue weighted by molar-refractivity contribution is 6.31. The molecule has 1 heterocycles. The van der Waals surface area contributed by atoms with E-state index in [9.17, 15) is 4.79 Å². The summed E-state index contributed by atoms with van der Waals surface area (Å²) >= 11 is 5.95. The Morgan fingerprint density at radius 1 is 1.24 bits per heavy atom. The van der Waals surface area contributed by atoms with Crippen LogP contribution in [0.5, 0.6) is 5.75 Å². The summed E-state index contributed by atoms with van der Waals surface area (Å²) in [7, 11) is 0. The molecule has 0 amide bonds. The Labute approximate surface area is 104 Å². The van der Waals surface area contributed by atoms with Crippen LogP contribution < -0.4 is 4.74 Å². The minimum absolute atomic E-state index is 0.377. The van der Waals surface area contributed by atoms with Gasteiger partial charge in [0.2, 0.25) is 0 Å². The predicted molar refractivity (Wildman–Crippen MR) is 65.4 cm³/mol. The molecule has 2 rings (SSSR count). The fourth-order valence-corrected chi connectivity index (χ4v) is 1.50. The van der Waals surface area contributed by atoms with Gasteiger partial charge in [0.25, 0.3) is 0 Å². The largest absolute Gasteiger partial charge is 0.489 e. The monoisotopic (exact) mass is 247 g/mol. The quantitative estimate of drug-likeness (QED) is 0.780. The van der Waals surface area contributed by atoms with Gasteiger partial charge in [0.15, 0.2) is 0 Å². The van der Waals surface area contributed by atoms with Crippen LogP contribution in [0.3, 0.4) is 0 Å². The van der Waals surface area contributed by atoms with Gasteiger partial charge in [-0.3, -0.25) is 9.78 Å². The summed E-state index contributed by atoms with van der Waals surface area (Å²) in [5, 5.41) is 0.581. The van der Waals surface area contributed by atoms with Gasteiger partial charge in [0, 0.05) is 23.5 Å². The number of rotatable bonds is 4. The van der Waals surface area contributed by atoms with Crippen LogP contribution in [0.15, 0.2) is 42.7 Å². The molecule has 0 bridgehead atoms. The second-order valence-electron chi connectivity index (χ2n) is 3.44. The van der Waals surface area contributed by atoms with Crippen LogP contribution in [-0.4, -0.2) is 11.3 Å². The summed E-state index contributed by atoms with van der Waals surface area (Å²) in [4.78, 5) is 14.4. The van der Waals surface area contributed by atoms with Crippen molar-refractivity contribution in [2.24, 2.45) is 0 Å². The van der Waals surface area contributed by atoms with Crippen molar-refractivity contribution in [3.63, 3.8) is 0 Å². The Morgan fingerprint density at radius 2 is 2.00 bits per heavy atom. The van der Waals surface area contributed by atoms with Crippen molar-refractivity contribution in [3.8, 4) is 5.75 Å². The molecule has 0 saturated carbocycles. The fraction of sp³-hybridized carbons (Fsp3) is 0.0769. The number of carbonyl (C=O) groups is 1. The third kappa shape index (κ3) is 3.04. The molecule has 0 unspecified atom stereocenters. The fourth-order valence-electron chi connectivity index (χ4n) is 1.32. The summed E-state index contributed by atoms with van der Waals surface area (Å²) in [6, 6.07) is 8.72. The first-order valence-electron chi connectivity index (χ1n) is 5.06. The average molecular weight is 248 g/mol. The molecule has 2 aromatic rings. The second kappa shape index (κ2) is 5.46. The van der Waals surface area contributed by atoms with Crippen LogP contribution in [-0.2, 0) is 6.61 Å². The van der Waals surface area contributed by atoms with Gasteiger partial charge in [0.05, 0.1) is 5.02 Å². The number of ether oxygens (including phenoxy) is 1. The van der Waals surface area contributed by atoms with E-state index in [0.29, 0.717) is 22.9 Å². The van der Waals surface area contributed by atoms with Crippen molar-refractivity contribution in [2.75, 3.05) is 0 Å². The van der Waals surface area contributed by atoms with E-state index >= 15 is 0 Å². The first kappa shape index (κ1) is 11.6. The van der Waals surface area contributed by atoms with Crippen LogP contribution in [0.25, 0.3) is 0 Å². The lowest BCUT2D eigenvalue weighted by Gasteiger charge is -2.07. The second-order valence-corrected chi connectivity index (χ2v) is 3.85. The van der Waals surface area contributed by atoms with E-state index in [2.05, 4.69) is 4.98 Å². The van der Waals surface area contributed by atoms with Crippen molar-refractivity contribution in [1.29, 1.82) is 0 Å². The number of halogens is 1. The third-order valence-corrected chi connectivity index (χ3v) is 2.61. The number of aromatic nitrogens is 1. The zero-order chi connectivity index (χ0) is 12.1. The van der Waals surface area contributed by atoms with E-state index in [4.69, 9.17) is 16.3 Å². The molecule has 0 spiro atoms. The maximum Gasteiger partial charge on any atom is 0.150 e. The minimum Gasteiger partial charge on any atom is -0.489 e. The van der Waals surface area contributed by atoms with E-state index in [0.717, 1.165) is 11.8 Å². The summed E-state index contributed by atoms with van der Waals surface area (Å²) in [5.41, 5.74) is 1.50. The van der Waals surface area contributed by atoms with Crippen LogP contribution in [0, 0.1) is 0 Å². The topological polar surface area (TPSA) is 39.2 Å². The number of hydrogen-bond acceptors (Lipinski definition) is 3. The van der Waals surface area contributed by atoms with Gasteiger partial charge in [-0.25, -0.2) is 0 Å². The Bertz CT molecular complexity index is 511. The summed E-state index contributed by atoms with van der Waals surface area (Å²) in [6.45, 7) is 0.377. The lowest BCUT2D eigenvalue weighted by Crippen LogP contribution is -1.96. The lowest BCUT2D eigenvalue weighted by molar-refractivity contribution is 0.112. The molecule has 1 aromatic carbocycles. The highest BCUT2D eigenvalue weighted by atomic mass is 35.5. The van der Waals surface area contributed by atoms with E-state index in [1.807, 2.05) is 6.07 Å². The Morgan fingerprint density at radius 3 is 2.65 bits per heavy atom. The summed E-state index contributed by atoms with van der Waals surface area (Å²) in [5.74, 6) is 0.698. The molecule has 0 aliphatic heterocycles. The molecule has 0 atom stereocenters. The van der Waals surface area contributed by atoms with Crippen molar-refractivity contribution < 1.29 is 9.53 Å². The molecule has 0 fully saturated rings. The number of nitrogens with zero attached hydrogens (tertiary/aromatic N) is 1. The zero-order valence-corrected chi connectivity index (χ0v) is 9.72. The minimum atomic E-state index is 0.377. The van der Waals surface area contributed by atoms with Gasteiger partial charge in [-0.05, 0) is 30.3 Å². The summed E-state index contributed by atoms with van der Waals surface area (Å²) in [6.07, 6.45) is 4.04. The van der Waals surface area contributed by atoms with Gasteiger partial charge in [-0.15, -0.1) is 0 Å². The molecule has 0 saturated heterocycles. The summed E-state index contributed by atoms with van der Waals surface area (Å²) < 4.78 is 5.54. The molecule has 4 heteroatoms. The van der Waals surface area contributed by atoms with Crippen molar-refractivity contribution in [2.45, 2.75) is 6.61 Å². The Kier molecular flexibility index (Phi) is 3.73. The predicted octanol–water partition coefficient (Wildman–Crippen LogP) is 3.13. The van der Waals surface area contributed by atoms with Crippen LogP contribution in [0.1, 0.15) is 15.9 Å². The molecular weight excluding hydrogens is 238 g/mol. The first-order chi connectivity index (χ1) is 8.29. The number of carbonyl (C=O) groups excluding carboxylic acids is 1. The standard InChI is InChI=1S/C13H10ClNO2/c14-13-7-15-6-5-11(13)9-17-12-3-1-10(8-16)2-4-12/h1-8H,9H2. The van der Waals surface area contributed by atoms with E-state index in [1.54, 1.807) is 36.7 Å². The van der Waals surface area contributed by atoms with E-state index < -0.39 is 0 Å². The van der Waals surface area contributed by atoms with Crippen molar-refractivity contribution in [1.82, 2.24) is 4.98 Å². The Balaban J connectivity index is 2.02. The highest BCUT2D eigenvalue weighted by Gasteiger charge is 2.00. The molecule has 0 aliphatic rings. The maximum atomic E-state index is 10.5. The maximum absolute atomic E-state index is 10.5. The number of pyridine rings is 1. The van der Waals surface area contributed by atoms with Crippen molar-refractivity contribution in [3.05, 3.63) is 58.9 Å². The molecule has 1 aromatic heterocycles. The highest BCUT2D eigenvalue weighted by Crippen LogP contribution is 2.17. The van der Waals surface area contributed by atoms with E-state index in [-0.39, 0.29) is 0 Å². The number of aldehydes is 1. The average Bonchev–Trinajstić information content (AvgIpc) is 2.38. The van der Waals surface area contributed by atoms with Gasteiger partial charge in [-0.1, -0.05) is 11.6 Å². The van der Waals surface area contributed by atoms with Crippen LogP contribution >= 0.6 is 11.6 Å². The van der Waals surface area contributed by atoms with E-state index in [1.165, 1.54) is 0 Å². The van der Waals surface area contributed by atoms with Gasteiger partial charge < -0.3 is 4.74 Å². The van der Waals surface area contributed by atoms with Crippen LogP contribution in [0.2, 0.25) is 5.02 Å². The van der Waals surface area contributed by atoms with Gasteiger partial charge >= 0.3 is 0 Å². The molecule has 0 aliphatic carbocycles. The number of hydrogen-bond donors (Lipinski definition) is 0.